The minimum absolute atomic E-state index is 0.0338. The predicted octanol–water partition coefficient (Wildman–Crippen LogP) is 1.96. The van der Waals surface area contributed by atoms with Crippen molar-refractivity contribution < 1.29 is 15.0 Å². The van der Waals surface area contributed by atoms with Gasteiger partial charge in [-0.05, 0) is 18.2 Å². The summed E-state index contributed by atoms with van der Waals surface area (Å²) in [7, 11) is 0. The predicted molar refractivity (Wildman–Crippen MR) is 64.5 cm³/mol. The molecule has 0 fully saturated rings. The number of carboxylic acid groups (broad SMARTS) is 1. The van der Waals surface area contributed by atoms with Crippen LogP contribution in [0.2, 0.25) is 0 Å². The number of aromatic hydroxyl groups is 1. The van der Waals surface area contributed by atoms with Crippen LogP contribution in [0, 0.1) is 0 Å². The second-order valence-corrected chi connectivity index (χ2v) is 3.93. The maximum absolute atomic E-state index is 10.7. The largest absolute Gasteiger partial charge is 0.508 e. The molecule has 18 heavy (non-hydrogen) atoms. The Hall–Kier alpha value is -2.76. The number of aromatic nitrogens is 3. The summed E-state index contributed by atoms with van der Waals surface area (Å²) in [5, 5.41) is 25.5. The molecular formula is C12H9N3O3. The first-order valence-electron chi connectivity index (χ1n) is 5.24. The van der Waals surface area contributed by atoms with Gasteiger partial charge in [0.25, 0.3) is 0 Å². The Morgan fingerprint density at radius 3 is 2.78 bits per heavy atom. The molecule has 0 spiro atoms. The molecule has 90 valence electrons. The summed E-state index contributed by atoms with van der Waals surface area (Å²) >= 11 is 0. The van der Waals surface area contributed by atoms with Crippen LogP contribution < -0.4 is 0 Å². The molecule has 2 heterocycles. The van der Waals surface area contributed by atoms with Gasteiger partial charge in [-0.25, -0.2) is 4.79 Å². The number of phenols is 1. The lowest BCUT2D eigenvalue weighted by Crippen LogP contribution is -1.95. The highest BCUT2D eigenvalue weighted by atomic mass is 16.4. The lowest BCUT2D eigenvalue weighted by atomic mass is 10.2. The van der Waals surface area contributed by atoms with Crippen LogP contribution in [-0.4, -0.2) is 31.4 Å². The van der Waals surface area contributed by atoms with Gasteiger partial charge in [0.1, 0.15) is 17.1 Å². The van der Waals surface area contributed by atoms with Crippen LogP contribution in [0.4, 0.5) is 0 Å². The van der Waals surface area contributed by atoms with E-state index >= 15 is 0 Å². The molecule has 0 radical (unpaired) electrons. The van der Waals surface area contributed by atoms with E-state index in [-0.39, 0.29) is 11.4 Å². The van der Waals surface area contributed by atoms with Crippen molar-refractivity contribution in [2.75, 3.05) is 0 Å². The number of H-pyrrole nitrogens is 2. The van der Waals surface area contributed by atoms with Crippen molar-refractivity contribution in [3.05, 3.63) is 36.0 Å². The van der Waals surface area contributed by atoms with E-state index in [1.165, 1.54) is 6.07 Å². The van der Waals surface area contributed by atoms with E-state index in [9.17, 15) is 9.90 Å². The smallest absolute Gasteiger partial charge is 0.353 e. The maximum Gasteiger partial charge on any atom is 0.353 e. The third-order valence-electron chi connectivity index (χ3n) is 2.69. The van der Waals surface area contributed by atoms with Gasteiger partial charge in [0.05, 0.1) is 5.69 Å². The van der Waals surface area contributed by atoms with E-state index in [1.807, 2.05) is 6.07 Å². The van der Waals surface area contributed by atoms with Crippen molar-refractivity contribution in [1.29, 1.82) is 0 Å². The molecule has 6 heteroatoms. The number of hydrogen-bond donors (Lipinski definition) is 4. The SMILES string of the molecule is O=C(O)c1cc(-c2cc3ccc(O)cc3[nH]2)n[nH]1. The van der Waals surface area contributed by atoms with Crippen LogP contribution in [0.25, 0.3) is 22.3 Å². The summed E-state index contributed by atoms with van der Waals surface area (Å²) in [6.45, 7) is 0. The van der Waals surface area contributed by atoms with E-state index in [0.29, 0.717) is 11.4 Å². The van der Waals surface area contributed by atoms with Crippen LogP contribution in [-0.2, 0) is 0 Å². The van der Waals surface area contributed by atoms with Gasteiger partial charge in [0, 0.05) is 23.0 Å². The number of carbonyl (C=O) groups is 1. The Bertz CT molecular complexity index is 742. The van der Waals surface area contributed by atoms with Crippen molar-refractivity contribution >= 4 is 16.9 Å². The fourth-order valence-corrected chi connectivity index (χ4v) is 1.82. The number of nitrogens with one attached hydrogen (secondary N) is 2. The summed E-state index contributed by atoms with van der Waals surface area (Å²) in [4.78, 5) is 13.8. The number of rotatable bonds is 2. The Balaban J connectivity index is 2.10. The number of benzene rings is 1. The minimum Gasteiger partial charge on any atom is -0.508 e. The average Bonchev–Trinajstić information content (AvgIpc) is 2.93. The van der Waals surface area contributed by atoms with Gasteiger partial charge in [-0.1, -0.05) is 0 Å². The molecule has 0 aliphatic rings. The first kappa shape index (κ1) is 10.4. The van der Waals surface area contributed by atoms with E-state index in [4.69, 9.17) is 5.11 Å². The van der Waals surface area contributed by atoms with Gasteiger partial charge < -0.3 is 15.2 Å². The van der Waals surface area contributed by atoms with Crippen molar-refractivity contribution in [2.24, 2.45) is 0 Å². The molecule has 0 atom stereocenters. The average molecular weight is 243 g/mol. The lowest BCUT2D eigenvalue weighted by molar-refractivity contribution is 0.0690. The molecule has 0 saturated carbocycles. The molecular weight excluding hydrogens is 234 g/mol. The number of carboxylic acids is 1. The standard InChI is InChI=1S/C12H9N3O3/c16-7-2-1-6-3-9(13-8(6)4-7)10-5-11(12(17)18)15-14-10/h1-5,13,16H,(H,14,15)(H,17,18). The number of phenolic OH excluding ortho intramolecular Hbond substituents is 1. The topological polar surface area (TPSA) is 102 Å². The summed E-state index contributed by atoms with van der Waals surface area (Å²) in [6, 6.07) is 8.26. The van der Waals surface area contributed by atoms with E-state index in [1.54, 1.807) is 18.2 Å². The van der Waals surface area contributed by atoms with Crippen molar-refractivity contribution in [1.82, 2.24) is 15.2 Å². The summed E-state index contributed by atoms with van der Waals surface area (Å²) in [6.07, 6.45) is 0. The van der Waals surface area contributed by atoms with Gasteiger partial charge in [-0.2, -0.15) is 5.10 Å². The Morgan fingerprint density at radius 1 is 1.22 bits per heavy atom. The molecule has 3 rings (SSSR count). The molecule has 0 aliphatic carbocycles. The third kappa shape index (κ3) is 1.60. The van der Waals surface area contributed by atoms with Crippen LogP contribution >= 0.6 is 0 Å². The summed E-state index contributed by atoms with van der Waals surface area (Å²) in [5.41, 5.74) is 2.01. The van der Waals surface area contributed by atoms with Gasteiger partial charge in [-0.15, -0.1) is 0 Å². The molecule has 6 nitrogen and oxygen atoms in total. The second kappa shape index (κ2) is 3.63. The van der Waals surface area contributed by atoms with Gasteiger partial charge in [0.15, 0.2) is 0 Å². The molecule has 0 aliphatic heterocycles. The number of aromatic carboxylic acids is 1. The van der Waals surface area contributed by atoms with E-state index < -0.39 is 5.97 Å². The van der Waals surface area contributed by atoms with E-state index in [0.717, 1.165) is 10.9 Å². The van der Waals surface area contributed by atoms with Crippen molar-refractivity contribution in [3.8, 4) is 17.1 Å². The zero-order valence-corrected chi connectivity index (χ0v) is 9.14. The van der Waals surface area contributed by atoms with Gasteiger partial charge in [-0.3, -0.25) is 5.10 Å². The summed E-state index contributed by atoms with van der Waals surface area (Å²) < 4.78 is 0. The highest BCUT2D eigenvalue weighted by molar-refractivity contribution is 5.89. The molecule has 0 saturated heterocycles. The number of aromatic amines is 2. The minimum atomic E-state index is -1.05. The zero-order valence-electron chi connectivity index (χ0n) is 9.14. The zero-order chi connectivity index (χ0) is 12.7. The van der Waals surface area contributed by atoms with E-state index in [2.05, 4.69) is 15.2 Å². The highest BCUT2D eigenvalue weighted by Gasteiger charge is 2.11. The Labute approximate surface area is 101 Å². The molecule has 0 unspecified atom stereocenters. The van der Waals surface area contributed by atoms with Crippen LogP contribution in [0.3, 0.4) is 0 Å². The highest BCUT2D eigenvalue weighted by Crippen LogP contribution is 2.25. The van der Waals surface area contributed by atoms with Crippen molar-refractivity contribution in [3.63, 3.8) is 0 Å². The number of hydrogen-bond acceptors (Lipinski definition) is 3. The van der Waals surface area contributed by atoms with Crippen LogP contribution in [0.1, 0.15) is 10.5 Å². The molecule has 3 aromatic rings. The number of fused-ring (bicyclic) bond motifs is 1. The second-order valence-electron chi connectivity index (χ2n) is 3.93. The fourth-order valence-electron chi connectivity index (χ4n) is 1.82. The van der Waals surface area contributed by atoms with Gasteiger partial charge in [0.2, 0.25) is 0 Å². The Kier molecular flexibility index (Phi) is 2.09. The Morgan fingerprint density at radius 2 is 2.06 bits per heavy atom. The molecule has 4 N–H and O–H groups in total. The molecule has 1 aromatic carbocycles. The molecule has 2 aromatic heterocycles. The van der Waals surface area contributed by atoms with Crippen LogP contribution in [0.5, 0.6) is 5.75 Å². The third-order valence-corrected chi connectivity index (χ3v) is 2.69. The molecule has 0 amide bonds. The first-order chi connectivity index (χ1) is 8.63. The molecule has 0 bridgehead atoms. The van der Waals surface area contributed by atoms with Gasteiger partial charge >= 0.3 is 5.97 Å². The monoisotopic (exact) mass is 243 g/mol. The lowest BCUT2D eigenvalue weighted by Gasteiger charge is -1.90. The number of nitrogens with zero attached hydrogens (tertiary/aromatic N) is 1. The van der Waals surface area contributed by atoms with Crippen molar-refractivity contribution in [2.45, 2.75) is 0 Å². The summed E-state index contributed by atoms with van der Waals surface area (Å²) in [5.74, 6) is -0.883. The normalized spacial score (nSPS) is 10.9. The maximum atomic E-state index is 10.7. The quantitative estimate of drug-likeness (QED) is 0.552. The first-order valence-corrected chi connectivity index (χ1v) is 5.24. The fraction of sp³-hybridized carbons (Fsp3) is 0. The van der Waals surface area contributed by atoms with Crippen LogP contribution in [0.15, 0.2) is 30.3 Å².